The Labute approximate surface area is 157 Å². The van der Waals surface area contributed by atoms with Crippen LogP contribution in [-0.2, 0) is 9.47 Å². The fourth-order valence-electron chi connectivity index (χ4n) is 2.46. The fourth-order valence-corrected chi connectivity index (χ4v) is 2.46. The number of hydrazone groups is 1. The minimum absolute atomic E-state index is 0.0250. The number of likely N-dealkylation sites (N-methyl/N-ethyl adjacent to an activating group) is 1. The molecule has 0 spiro atoms. The highest BCUT2D eigenvalue weighted by atomic mass is 19.1. The predicted molar refractivity (Wildman–Crippen MR) is 99.6 cm³/mol. The second-order valence-corrected chi connectivity index (χ2v) is 5.72. The lowest BCUT2D eigenvalue weighted by Crippen LogP contribution is -2.36. The molecule has 1 heterocycles. The maximum atomic E-state index is 14.6. The Kier molecular flexibility index (Phi) is 7.21. The molecule has 148 valence electrons. The second kappa shape index (κ2) is 9.60. The minimum atomic E-state index is -0.627. The fraction of sp³-hybridized carbons (Fsp3) is 0.471. The van der Waals surface area contributed by atoms with Crippen molar-refractivity contribution in [3.8, 4) is 0 Å². The van der Waals surface area contributed by atoms with Crippen LogP contribution in [0.4, 0.5) is 25.4 Å². The maximum Gasteiger partial charge on any atom is 0.414 e. The highest BCUT2D eigenvalue weighted by molar-refractivity contribution is 5.88. The predicted octanol–water partition coefficient (Wildman–Crippen LogP) is 1.84. The topological polar surface area (TPSA) is 86.7 Å². The van der Waals surface area contributed by atoms with Crippen LogP contribution in [0.25, 0.3) is 0 Å². The van der Waals surface area contributed by atoms with Gasteiger partial charge in [-0.3, -0.25) is 9.91 Å². The van der Waals surface area contributed by atoms with Crippen LogP contribution < -0.4 is 15.1 Å². The third kappa shape index (κ3) is 5.47. The van der Waals surface area contributed by atoms with Crippen LogP contribution in [-0.4, -0.2) is 70.5 Å². The number of amides is 2. The van der Waals surface area contributed by atoms with Crippen LogP contribution in [0.5, 0.6) is 0 Å². The van der Waals surface area contributed by atoms with Gasteiger partial charge in [-0.1, -0.05) is 0 Å². The van der Waals surface area contributed by atoms with E-state index in [1.807, 2.05) is 7.05 Å². The van der Waals surface area contributed by atoms with Crippen molar-refractivity contribution in [1.29, 1.82) is 0 Å². The number of nitrogens with zero attached hydrogens (tertiary/aromatic N) is 4. The van der Waals surface area contributed by atoms with Crippen molar-refractivity contribution in [3.63, 3.8) is 0 Å². The van der Waals surface area contributed by atoms with Gasteiger partial charge in [-0.25, -0.2) is 14.0 Å². The molecule has 1 N–H and O–H groups in total. The summed E-state index contributed by atoms with van der Waals surface area (Å²) < 4.78 is 24.1. The Balaban J connectivity index is 2.00. The summed E-state index contributed by atoms with van der Waals surface area (Å²) in [6.45, 7) is 3.45. The average Bonchev–Trinajstić information content (AvgIpc) is 2.66. The van der Waals surface area contributed by atoms with E-state index in [-0.39, 0.29) is 13.2 Å². The molecule has 0 saturated heterocycles. The Hall–Kier alpha value is -3.04. The van der Waals surface area contributed by atoms with E-state index in [9.17, 15) is 14.0 Å². The van der Waals surface area contributed by atoms with Crippen molar-refractivity contribution in [2.75, 3.05) is 56.7 Å². The van der Waals surface area contributed by atoms with E-state index in [0.29, 0.717) is 31.0 Å². The summed E-state index contributed by atoms with van der Waals surface area (Å²) in [7, 11) is 3.09. The molecule has 1 aromatic rings. The highest BCUT2D eigenvalue weighted by Crippen LogP contribution is 2.25. The molecule has 0 aromatic heterocycles. The zero-order valence-electron chi connectivity index (χ0n) is 15.6. The van der Waals surface area contributed by atoms with Gasteiger partial charge in [0.15, 0.2) is 0 Å². The molecule has 0 radical (unpaired) electrons. The largest absolute Gasteiger partial charge is 0.453 e. The van der Waals surface area contributed by atoms with Gasteiger partial charge in [-0.2, -0.15) is 5.10 Å². The minimum Gasteiger partial charge on any atom is -0.453 e. The van der Waals surface area contributed by atoms with E-state index in [2.05, 4.69) is 15.2 Å². The molecule has 0 bridgehead atoms. The first-order valence-electron chi connectivity index (χ1n) is 8.53. The number of anilines is 2. The molecule has 0 unspecified atom stereocenters. The number of benzene rings is 1. The normalized spacial score (nSPS) is 13.3. The van der Waals surface area contributed by atoms with Gasteiger partial charge in [0.05, 0.1) is 31.6 Å². The Morgan fingerprint density at radius 1 is 1.37 bits per heavy atom. The van der Waals surface area contributed by atoms with Gasteiger partial charge in [-0.05, 0) is 25.1 Å². The van der Waals surface area contributed by atoms with E-state index in [4.69, 9.17) is 4.74 Å². The van der Waals surface area contributed by atoms with Crippen LogP contribution in [0.15, 0.2) is 23.3 Å². The molecule has 1 aliphatic rings. The molecule has 2 amide bonds. The number of rotatable bonds is 6. The number of hydrogen-bond donors (Lipinski definition) is 1. The van der Waals surface area contributed by atoms with E-state index >= 15 is 0 Å². The number of carbonyl (C=O) groups excluding carboxylic acids is 2. The zero-order valence-corrected chi connectivity index (χ0v) is 15.6. The van der Waals surface area contributed by atoms with Crippen molar-refractivity contribution in [2.45, 2.75) is 6.92 Å². The molecular weight excluding hydrogens is 357 g/mol. The summed E-state index contributed by atoms with van der Waals surface area (Å²) in [6.07, 6.45) is 0.336. The summed E-state index contributed by atoms with van der Waals surface area (Å²) in [5.41, 5.74) is 0.776. The molecular formula is C17H24FN5O4. The third-order valence-electron chi connectivity index (χ3n) is 3.92. The molecule has 1 aliphatic heterocycles. The van der Waals surface area contributed by atoms with Crippen molar-refractivity contribution < 1.29 is 23.5 Å². The summed E-state index contributed by atoms with van der Waals surface area (Å²) in [6, 6.07) is 4.55. The number of carbonyl (C=O) groups is 2. The SMILES string of the molecule is CCN(C(=O)OCCNC(=O)OC)c1ccc(N2C=NN(C)CC2)c(F)c1. The Bertz CT molecular complexity index is 700. The first-order valence-corrected chi connectivity index (χ1v) is 8.53. The van der Waals surface area contributed by atoms with Gasteiger partial charge in [-0.15, -0.1) is 0 Å². The van der Waals surface area contributed by atoms with E-state index < -0.39 is 18.0 Å². The van der Waals surface area contributed by atoms with Crippen molar-refractivity contribution in [2.24, 2.45) is 5.10 Å². The van der Waals surface area contributed by atoms with Crippen LogP contribution in [0, 0.1) is 5.82 Å². The van der Waals surface area contributed by atoms with Crippen LogP contribution in [0.3, 0.4) is 0 Å². The number of alkyl carbamates (subject to hydrolysis) is 1. The molecule has 0 fully saturated rings. The summed E-state index contributed by atoms with van der Waals surface area (Å²) in [5, 5.41) is 8.31. The lowest BCUT2D eigenvalue weighted by atomic mass is 10.2. The van der Waals surface area contributed by atoms with E-state index in [1.165, 1.54) is 18.1 Å². The summed E-state index contributed by atoms with van der Waals surface area (Å²) in [4.78, 5) is 26.2. The van der Waals surface area contributed by atoms with E-state index in [1.54, 1.807) is 35.3 Å². The number of methoxy groups -OCH3 is 1. The molecule has 10 heteroatoms. The molecule has 0 atom stereocenters. The Morgan fingerprint density at radius 2 is 2.15 bits per heavy atom. The molecule has 1 aromatic carbocycles. The van der Waals surface area contributed by atoms with Gasteiger partial charge < -0.3 is 19.7 Å². The zero-order chi connectivity index (χ0) is 19.8. The Morgan fingerprint density at radius 3 is 2.74 bits per heavy atom. The first kappa shape index (κ1) is 20.3. The number of ether oxygens (including phenoxy) is 2. The van der Waals surface area contributed by atoms with Crippen molar-refractivity contribution in [3.05, 3.63) is 24.0 Å². The van der Waals surface area contributed by atoms with Gasteiger partial charge in [0.25, 0.3) is 0 Å². The molecule has 0 saturated carbocycles. The first-order chi connectivity index (χ1) is 13.0. The number of nitrogens with one attached hydrogen (secondary N) is 1. The van der Waals surface area contributed by atoms with Crippen molar-refractivity contribution >= 4 is 29.9 Å². The molecule has 27 heavy (non-hydrogen) atoms. The van der Waals surface area contributed by atoms with Crippen molar-refractivity contribution in [1.82, 2.24) is 10.3 Å². The number of halogens is 1. The maximum absolute atomic E-state index is 14.6. The van der Waals surface area contributed by atoms with Gasteiger partial charge in [0.1, 0.15) is 18.8 Å². The van der Waals surface area contributed by atoms with Crippen LogP contribution in [0.1, 0.15) is 6.92 Å². The smallest absolute Gasteiger partial charge is 0.414 e. The highest BCUT2D eigenvalue weighted by Gasteiger charge is 2.19. The van der Waals surface area contributed by atoms with Crippen LogP contribution >= 0.6 is 0 Å². The standard InChI is InChI=1S/C17H24FN5O4/c1-4-23(17(25)27-10-7-19-16(24)26-3)13-5-6-15(14(18)11-13)22-9-8-21(2)20-12-22/h5-6,11-12H,4,7-10H2,1-3H3,(H,19,24). The molecule has 2 rings (SSSR count). The number of hydrogen-bond acceptors (Lipinski definition) is 7. The van der Waals surface area contributed by atoms with Gasteiger partial charge in [0, 0.05) is 20.1 Å². The lowest BCUT2D eigenvalue weighted by Gasteiger charge is -2.28. The molecule has 9 nitrogen and oxygen atoms in total. The average molecular weight is 381 g/mol. The van der Waals surface area contributed by atoms with E-state index in [0.717, 1.165) is 0 Å². The van der Waals surface area contributed by atoms with Crippen LogP contribution in [0.2, 0.25) is 0 Å². The summed E-state index contributed by atoms with van der Waals surface area (Å²) >= 11 is 0. The molecule has 0 aliphatic carbocycles. The van der Waals surface area contributed by atoms with Gasteiger partial charge >= 0.3 is 12.2 Å². The summed E-state index contributed by atoms with van der Waals surface area (Å²) in [5.74, 6) is -0.456. The lowest BCUT2D eigenvalue weighted by molar-refractivity contribution is 0.146. The monoisotopic (exact) mass is 381 g/mol. The second-order valence-electron chi connectivity index (χ2n) is 5.72. The van der Waals surface area contributed by atoms with Gasteiger partial charge in [0.2, 0.25) is 0 Å². The quantitative estimate of drug-likeness (QED) is 0.757. The third-order valence-corrected chi connectivity index (χ3v) is 3.92.